The number of carbonyl (C=O) groups is 3. The lowest BCUT2D eigenvalue weighted by Crippen LogP contribution is -2.60. The van der Waals surface area contributed by atoms with E-state index < -0.39 is 76.1 Å². The number of carboxylic acids is 1. The summed E-state index contributed by atoms with van der Waals surface area (Å²) < 4.78 is 63.1. The number of pyridine rings is 1. The van der Waals surface area contributed by atoms with Gasteiger partial charge < -0.3 is 29.5 Å². The highest BCUT2D eigenvalue weighted by atomic mass is 35.5. The number of hydrogen-bond donors (Lipinski definition) is 2. The number of rotatable bonds is 6. The molecule has 1 aromatic heterocycles. The van der Waals surface area contributed by atoms with Crippen LogP contribution in [0.2, 0.25) is 10.0 Å². The number of aliphatic carboxylic acids is 1. The maximum absolute atomic E-state index is 15.8. The van der Waals surface area contributed by atoms with E-state index in [0.717, 1.165) is 24.3 Å². The molecule has 2 atom stereocenters. The summed E-state index contributed by atoms with van der Waals surface area (Å²) >= 11 is 12.0. The Morgan fingerprint density at radius 2 is 1.75 bits per heavy atom. The summed E-state index contributed by atoms with van der Waals surface area (Å²) in [5, 5.41) is 11.6. The van der Waals surface area contributed by atoms with Crippen molar-refractivity contribution in [2.45, 2.75) is 45.2 Å². The monoisotopic (exact) mass is 660 g/mol. The van der Waals surface area contributed by atoms with Crippen molar-refractivity contribution in [3.8, 4) is 5.75 Å². The number of ether oxygens (including phenoxy) is 1. The zero-order valence-electron chi connectivity index (χ0n) is 23.5. The molecule has 0 radical (unpaired) electrons. The first-order chi connectivity index (χ1) is 20.5. The fourth-order valence-electron chi connectivity index (χ4n) is 5.41. The molecule has 16 heteroatoms. The Hall–Kier alpha value is -4.04. The highest BCUT2D eigenvalue weighted by Crippen LogP contribution is 2.40. The molecule has 44 heavy (non-hydrogen) atoms. The normalized spacial score (nSPS) is 17.1. The lowest BCUT2D eigenvalue weighted by Gasteiger charge is -2.45. The number of carbonyl (C=O) groups excluding carboxylic acids is 2. The maximum atomic E-state index is 15.8. The van der Waals surface area contributed by atoms with E-state index in [1.807, 2.05) is 0 Å². The Labute approximate surface area is 257 Å². The average Bonchev–Trinajstić information content (AvgIpc) is 2.91. The van der Waals surface area contributed by atoms with Gasteiger partial charge in [-0.2, -0.15) is 13.2 Å². The molecule has 10 nitrogen and oxygen atoms in total. The Morgan fingerprint density at radius 1 is 1.11 bits per heavy atom. The van der Waals surface area contributed by atoms with Crippen LogP contribution < -0.4 is 20.4 Å². The van der Waals surface area contributed by atoms with Crippen molar-refractivity contribution >= 4 is 57.6 Å². The van der Waals surface area contributed by atoms with E-state index in [0.29, 0.717) is 15.2 Å². The van der Waals surface area contributed by atoms with Crippen molar-refractivity contribution < 1.29 is 41.8 Å². The largest absolute Gasteiger partial charge is 0.492 e. The summed E-state index contributed by atoms with van der Waals surface area (Å²) in [7, 11) is 1.09. The molecule has 3 aromatic rings. The number of halogens is 6. The maximum Gasteiger partial charge on any atom is 0.406 e. The number of aromatic nitrogens is 1. The van der Waals surface area contributed by atoms with Gasteiger partial charge in [-0.1, -0.05) is 29.3 Å². The van der Waals surface area contributed by atoms with Gasteiger partial charge in [0.15, 0.2) is 11.6 Å². The molecular formula is C28H26Cl2F4N4O6. The van der Waals surface area contributed by atoms with Crippen molar-refractivity contribution in [3.05, 3.63) is 67.7 Å². The summed E-state index contributed by atoms with van der Waals surface area (Å²) in [4.78, 5) is 52.6. The first kappa shape index (κ1) is 32.9. The number of carboxylic acid groups (broad SMARTS) is 1. The lowest BCUT2D eigenvalue weighted by molar-refractivity contribution is -0.158. The second-order valence-electron chi connectivity index (χ2n) is 10.3. The molecule has 2 amide bonds. The summed E-state index contributed by atoms with van der Waals surface area (Å²) in [6.07, 6.45) is -4.09. The van der Waals surface area contributed by atoms with E-state index in [2.05, 4.69) is 5.32 Å². The number of alkyl halides is 3. The number of fused-ring (bicyclic) bond motifs is 1. The van der Waals surface area contributed by atoms with Crippen LogP contribution >= 0.6 is 23.2 Å². The SMILES string of the molecule is COc1c(N2C[C@@H](C)N(C(=O)C(=O)O)[C@@H](C)C2)c(F)cc2c(=O)c(C(=O)NCc3ccc(Cl)cc3Cl)cn(CC(F)(F)F)c12. The zero-order valence-corrected chi connectivity index (χ0v) is 25.0. The molecule has 2 aromatic carbocycles. The van der Waals surface area contributed by atoms with Gasteiger partial charge in [-0.25, -0.2) is 9.18 Å². The summed E-state index contributed by atoms with van der Waals surface area (Å²) in [6.45, 7) is 1.04. The van der Waals surface area contributed by atoms with Crippen molar-refractivity contribution in [3.63, 3.8) is 0 Å². The Morgan fingerprint density at radius 3 is 2.30 bits per heavy atom. The molecule has 1 aliphatic rings. The van der Waals surface area contributed by atoms with Crippen LogP contribution in [0.25, 0.3) is 10.9 Å². The minimum Gasteiger partial charge on any atom is -0.492 e. The molecule has 4 rings (SSSR count). The number of methoxy groups -OCH3 is 1. The van der Waals surface area contributed by atoms with Crippen LogP contribution in [0.15, 0.2) is 35.3 Å². The molecule has 0 bridgehead atoms. The predicted molar refractivity (Wildman–Crippen MR) is 154 cm³/mol. The summed E-state index contributed by atoms with van der Waals surface area (Å²) in [5.41, 5.74) is -1.99. The van der Waals surface area contributed by atoms with Gasteiger partial charge in [0, 0.05) is 48.0 Å². The predicted octanol–water partition coefficient (Wildman–Crippen LogP) is 4.46. The Balaban J connectivity index is 1.82. The zero-order chi connectivity index (χ0) is 32.7. The molecular weight excluding hydrogens is 635 g/mol. The molecule has 0 saturated carbocycles. The van der Waals surface area contributed by atoms with Gasteiger partial charge in [0.05, 0.1) is 18.0 Å². The van der Waals surface area contributed by atoms with Gasteiger partial charge in [-0.15, -0.1) is 0 Å². The Kier molecular flexibility index (Phi) is 9.35. The molecule has 1 saturated heterocycles. The number of anilines is 1. The van der Waals surface area contributed by atoms with Crippen molar-refractivity contribution in [2.75, 3.05) is 25.1 Å². The number of nitrogens with zero attached hydrogens (tertiary/aromatic N) is 3. The van der Waals surface area contributed by atoms with E-state index in [1.165, 1.54) is 36.9 Å². The first-order valence-electron chi connectivity index (χ1n) is 13.1. The van der Waals surface area contributed by atoms with Crippen molar-refractivity contribution in [2.24, 2.45) is 0 Å². The number of piperazine rings is 1. The summed E-state index contributed by atoms with van der Waals surface area (Å²) in [5.74, 6) is -5.28. The van der Waals surface area contributed by atoms with E-state index in [-0.39, 0.29) is 30.3 Å². The molecule has 1 aliphatic heterocycles. The third-order valence-electron chi connectivity index (χ3n) is 7.15. The molecule has 236 valence electrons. The fourth-order valence-corrected chi connectivity index (χ4v) is 5.88. The third-order valence-corrected chi connectivity index (χ3v) is 7.74. The molecule has 0 unspecified atom stereocenters. The van der Waals surface area contributed by atoms with Gasteiger partial charge in [0.2, 0.25) is 5.43 Å². The molecule has 2 heterocycles. The van der Waals surface area contributed by atoms with Crippen LogP contribution in [0, 0.1) is 5.82 Å². The van der Waals surface area contributed by atoms with Gasteiger partial charge in [0.25, 0.3) is 5.91 Å². The topological polar surface area (TPSA) is 121 Å². The minimum absolute atomic E-state index is 0.0978. The highest BCUT2D eigenvalue weighted by molar-refractivity contribution is 6.35. The van der Waals surface area contributed by atoms with Crippen LogP contribution in [0.1, 0.15) is 29.8 Å². The standard InChI is InChI=1S/C28H26Cl2F4N4O6/c1-13-9-36(10-14(2)38(13)26(41)27(42)43)22-20(31)7-17-21(24(22)44-3)37(12-28(32,33)34)11-18(23(17)39)25(40)35-8-15-4-5-16(29)6-19(15)30/h4-7,11,13-14H,8-10,12H2,1-3H3,(H,35,40)(H,42,43)/t13-,14+. The van der Waals surface area contributed by atoms with Crippen LogP contribution in [0.4, 0.5) is 23.2 Å². The van der Waals surface area contributed by atoms with Crippen LogP contribution in [-0.4, -0.2) is 70.8 Å². The quantitative estimate of drug-likeness (QED) is 0.296. The second kappa shape index (κ2) is 12.5. The van der Waals surface area contributed by atoms with Gasteiger partial charge in [-0.3, -0.25) is 14.4 Å². The Bertz CT molecular complexity index is 1700. The van der Waals surface area contributed by atoms with Crippen molar-refractivity contribution in [1.82, 2.24) is 14.8 Å². The molecule has 2 N–H and O–H groups in total. The third kappa shape index (κ3) is 6.55. The van der Waals surface area contributed by atoms with Gasteiger partial charge in [0.1, 0.15) is 17.8 Å². The average molecular weight is 661 g/mol. The van der Waals surface area contributed by atoms with Crippen LogP contribution in [0.3, 0.4) is 0 Å². The molecule has 0 spiro atoms. The second-order valence-corrected chi connectivity index (χ2v) is 11.1. The summed E-state index contributed by atoms with van der Waals surface area (Å²) in [6, 6.07) is 3.72. The van der Waals surface area contributed by atoms with Gasteiger partial charge >= 0.3 is 18.1 Å². The highest BCUT2D eigenvalue weighted by Gasteiger charge is 2.38. The van der Waals surface area contributed by atoms with E-state index >= 15 is 4.39 Å². The van der Waals surface area contributed by atoms with E-state index in [1.54, 1.807) is 0 Å². The van der Waals surface area contributed by atoms with Crippen LogP contribution in [0.5, 0.6) is 5.75 Å². The minimum atomic E-state index is -4.82. The molecule has 0 aliphatic carbocycles. The number of nitrogens with one attached hydrogen (secondary N) is 1. The fraction of sp³-hybridized carbons (Fsp3) is 0.357. The van der Waals surface area contributed by atoms with Crippen LogP contribution in [-0.2, 0) is 22.7 Å². The van der Waals surface area contributed by atoms with E-state index in [9.17, 15) is 37.5 Å². The first-order valence-corrected chi connectivity index (χ1v) is 13.8. The van der Waals surface area contributed by atoms with Crippen molar-refractivity contribution in [1.29, 1.82) is 0 Å². The van der Waals surface area contributed by atoms with Gasteiger partial charge in [-0.05, 0) is 37.6 Å². The smallest absolute Gasteiger partial charge is 0.406 e. The number of hydrogen-bond acceptors (Lipinski definition) is 6. The lowest BCUT2D eigenvalue weighted by atomic mass is 10.0. The molecule has 1 fully saturated rings. The number of amides is 2. The number of benzene rings is 2. The van der Waals surface area contributed by atoms with E-state index in [4.69, 9.17) is 27.9 Å².